The van der Waals surface area contributed by atoms with Crippen molar-refractivity contribution >= 4 is 52.9 Å². The van der Waals surface area contributed by atoms with E-state index in [2.05, 4.69) is 5.32 Å². The van der Waals surface area contributed by atoms with Gasteiger partial charge < -0.3 is 39.3 Å². The molecule has 3 aliphatic heterocycles. The number of esters is 1. The molecule has 4 N–H and O–H groups in total. The summed E-state index contributed by atoms with van der Waals surface area (Å²) in [5.41, 5.74) is -0.685. The summed E-state index contributed by atoms with van der Waals surface area (Å²) in [4.78, 5) is 55.8. The lowest BCUT2D eigenvalue weighted by Gasteiger charge is -2.42. The first-order valence-corrected chi connectivity index (χ1v) is 18.7. The number of hydrogen-bond acceptors (Lipinski definition) is 11. The molecule has 2 saturated heterocycles. The Morgan fingerprint density at radius 3 is 2.63 bits per heavy atom. The van der Waals surface area contributed by atoms with E-state index < -0.39 is 72.1 Å². The number of nitrogens with one attached hydrogen (secondary N) is 1. The number of carbonyl (C=O) groups is 4. The molecule has 1 aromatic carbocycles. The molecule has 2 fully saturated rings. The Labute approximate surface area is 308 Å². The molecule has 0 aromatic heterocycles. The summed E-state index contributed by atoms with van der Waals surface area (Å²) >= 11 is 8.21. The Bertz CT molecular complexity index is 1560. The number of hydrogen-bond donors (Lipinski definition) is 4. The van der Waals surface area contributed by atoms with E-state index in [1.54, 1.807) is 58.2 Å². The maximum Gasteiger partial charge on any atom is 0.409 e. The first-order valence-electron chi connectivity index (χ1n) is 17.0. The second-order valence-corrected chi connectivity index (χ2v) is 15.3. The van der Waals surface area contributed by atoms with Crippen LogP contribution in [-0.2, 0) is 41.6 Å². The minimum Gasteiger partial charge on any atom is -0.457 e. The molecule has 282 valence electrons. The van der Waals surface area contributed by atoms with Gasteiger partial charge in [0.2, 0.25) is 11.8 Å². The topological polar surface area (TPSA) is 178 Å². The van der Waals surface area contributed by atoms with E-state index in [1.807, 2.05) is 13.2 Å². The van der Waals surface area contributed by atoms with Gasteiger partial charge in [-0.15, -0.1) is 0 Å². The molecular weight excluding hydrogens is 702 g/mol. The summed E-state index contributed by atoms with van der Waals surface area (Å²) in [5, 5.41) is 34.7. The third-order valence-electron chi connectivity index (χ3n) is 10.2. The summed E-state index contributed by atoms with van der Waals surface area (Å²) in [7, 11) is 3.06. The summed E-state index contributed by atoms with van der Waals surface area (Å²) in [6.45, 7) is 6.05. The van der Waals surface area contributed by atoms with Gasteiger partial charge in [-0.3, -0.25) is 14.9 Å². The lowest BCUT2D eigenvalue weighted by Crippen LogP contribution is -2.62. The van der Waals surface area contributed by atoms with Crippen molar-refractivity contribution in [3.05, 3.63) is 52.1 Å². The molecule has 0 saturated carbocycles. The maximum atomic E-state index is 14.0. The van der Waals surface area contributed by atoms with Crippen molar-refractivity contribution in [3.8, 4) is 0 Å². The Hall–Kier alpha value is -3.14. The number of fused-ring (bicyclic) bond motifs is 5. The van der Waals surface area contributed by atoms with Gasteiger partial charge in [0.05, 0.1) is 36.4 Å². The number of nitrogens with zero attached hydrogens (tertiary/aromatic N) is 2. The van der Waals surface area contributed by atoms with E-state index in [-0.39, 0.29) is 36.8 Å². The van der Waals surface area contributed by atoms with E-state index in [1.165, 1.54) is 28.6 Å². The van der Waals surface area contributed by atoms with E-state index in [0.29, 0.717) is 23.4 Å². The third-order valence-corrected chi connectivity index (χ3v) is 11.3. The zero-order valence-corrected chi connectivity index (χ0v) is 31.8. The molecule has 15 heteroatoms. The molecule has 13 nitrogen and oxygen atoms in total. The van der Waals surface area contributed by atoms with Crippen molar-refractivity contribution in [2.75, 3.05) is 37.6 Å². The Kier molecular flexibility index (Phi) is 13.3. The molecule has 0 aliphatic carbocycles. The number of aliphatic hydroxyl groups is 3. The smallest absolute Gasteiger partial charge is 0.409 e. The molecule has 0 spiro atoms. The number of ether oxygens (including phenoxy) is 3. The second-order valence-electron chi connectivity index (χ2n) is 13.9. The number of epoxide rings is 1. The van der Waals surface area contributed by atoms with Crippen LogP contribution in [0.15, 0.2) is 35.9 Å². The van der Waals surface area contributed by atoms with Crippen LogP contribution in [0.3, 0.4) is 0 Å². The number of rotatable bonds is 8. The van der Waals surface area contributed by atoms with Crippen LogP contribution in [-0.4, -0.2) is 112 Å². The lowest BCUT2D eigenvalue weighted by atomic mass is 9.81. The van der Waals surface area contributed by atoms with Crippen LogP contribution in [0.5, 0.6) is 0 Å². The number of carbonyl (C=O) groups excluding carboxylic acids is 4. The normalized spacial score (nSPS) is 32.0. The highest BCUT2D eigenvalue weighted by Crippen LogP contribution is 2.49. The molecule has 4 rings (SSSR count). The minimum atomic E-state index is -1.86. The standard InChI is InChI=1S/C36H50ClN3O10S/c1-20-9-8-10-25(19-42)36(47)17-27(48-34(46)38-36)21(2)32-35(4,50-32)28(49-33(45)22(3)39(5)29(43)11-12-51-7)16-30(44)40(6)26-15-23(13-20)14-24(18-41)31(26)37/h8-10,14-15,21-22,25,27-28,32,41-42,47H,11-13,16-19H2,1-7H3,(H,38,46)/b10-8+,20-9+/t21-,22-,25+,27+,28+,32+,35+,36+/m1/s1. The highest BCUT2D eigenvalue weighted by Gasteiger charge is 2.64. The van der Waals surface area contributed by atoms with E-state index in [9.17, 15) is 34.5 Å². The van der Waals surface area contributed by atoms with E-state index in [0.717, 1.165) is 11.1 Å². The fourth-order valence-electron chi connectivity index (χ4n) is 6.67. The van der Waals surface area contributed by atoms with Gasteiger partial charge in [-0.2, -0.15) is 11.8 Å². The number of likely N-dealkylation sites (N-methyl/N-ethyl adjacent to an activating group) is 1. The quantitative estimate of drug-likeness (QED) is 0.226. The van der Waals surface area contributed by atoms with Gasteiger partial charge in [0.1, 0.15) is 23.9 Å². The van der Waals surface area contributed by atoms with Gasteiger partial charge in [0, 0.05) is 44.5 Å². The van der Waals surface area contributed by atoms with Gasteiger partial charge in [0.25, 0.3) is 0 Å². The fourth-order valence-corrected chi connectivity index (χ4v) is 7.35. The number of aliphatic hydroxyl groups excluding tert-OH is 2. The van der Waals surface area contributed by atoms with E-state index in [4.69, 9.17) is 25.8 Å². The first kappa shape index (κ1) is 40.6. The average Bonchev–Trinajstić information content (AvgIpc) is 3.79. The fraction of sp³-hybridized carbons (Fsp3) is 0.611. The number of allylic oxidation sites excluding steroid dienone is 3. The summed E-state index contributed by atoms with van der Waals surface area (Å²) < 4.78 is 17.9. The van der Waals surface area contributed by atoms with Crippen LogP contribution < -0.4 is 10.2 Å². The van der Waals surface area contributed by atoms with Crippen LogP contribution >= 0.6 is 23.4 Å². The van der Waals surface area contributed by atoms with Crippen LogP contribution in [0.2, 0.25) is 5.02 Å². The highest BCUT2D eigenvalue weighted by molar-refractivity contribution is 7.98. The van der Waals surface area contributed by atoms with Gasteiger partial charge in [0.15, 0.2) is 5.72 Å². The van der Waals surface area contributed by atoms with Crippen molar-refractivity contribution < 1.29 is 48.7 Å². The van der Waals surface area contributed by atoms with Crippen molar-refractivity contribution in [2.45, 2.75) is 95.7 Å². The van der Waals surface area contributed by atoms with Crippen molar-refractivity contribution in [2.24, 2.45) is 11.8 Å². The lowest BCUT2D eigenvalue weighted by molar-refractivity contribution is -0.161. The average molecular weight is 752 g/mol. The third kappa shape index (κ3) is 9.09. The number of thioether (sulfide) groups is 1. The summed E-state index contributed by atoms with van der Waals surface area (Å²) in [6.07, 6.45) is 3.64. The highest BCUT2D eigenvalue weighted by atomic mass is 35.5. The van der Waals surface area contributed by atoms with Crippen LogP contribution in [0.4, 0.5) is 10.5 Å². The minimum absolute atomic E-state index is 0.0888. The van der Waals surface area contributed by atoms with Crippen molar-refractivity contribution in [3.63, 3.8) is 0 Å². The summed E-state index contributed by atoms with van der Waals surface area (Å²) in [6, 6.07) is 2.53. The van der Waals surface area contributed by atoms with Gasteiger partial charge in [-0.05, 0) is 50.6 Å². The second kappa shape index (κ2) is 16.7. The Morgan fingerprint density at radius 2 is 1.98 bits per heavy atom. The summed E-state index contributed by atoms with van der Waals surface area (Å²) in [5.74, 6) is -2.29. The number of halogens is 1. The Balaban J connectivity index is 1.76. The SMILES string of the molecule is CSCCC(=O)N(C)[C@H](C)C(=O)O[C@H]1CC(=O)N(C)c2cc(cc(CO)c2Cl)C/C(C)=C/C=C/[C@@H](CO)[C@@]2(O)C[C@H](OC(=O)N2)[C@@H](C)[C@@H]2O[C@@]12C. The zero-order chi connectivity index (χ0) is 37.8. The monoisotopic (exact) mass is 751 g/mol. The largest absolute Gasteiger partial charge is 0.457 e. The predicted molar refractivity (Wildman–Crippen MR) is 193 cm³/mol. The predicted octanol–water partition coefficient (Wildman–Crippen LogP) is 3.34. The molecule has 3 amide bonds. The molecule has 51 heavy (non-hydrogen) atoms. The van der Waals surface area contributed by atoms with Gasteiger partial charge in [-0.1, -0.05) is 48.4 Å². The molecule has 0 unspecified atom stereocenters. The molecule has 0 radical (unpaired) electrons. The molecular formula is C36H50ClN3O10S. The first-order chi connectivity index (χ1) is 24.0. The van der Waals surface area contributed by atoms with Crippen LogP contribution in [0.1, 0.15) is 58.1 Å². The molecule has 4 bridgehead atoms. The van der Waals surface area contributed by atoms with Gasteiger partial charge >= 0.3 is 12.1 Å². The number of anilines is 1. The van der Waals surface area contributed by atoms with E-state index >= 15 is 0 Å². The Morgan fingerprint density at radius 1 is 1.27 bits per heavy atom. The van der Waals surface area contributed by atoms with Crippen LogP contribution in [0.25, 0.3) is 0 Å². The maximum absolute atomic E-state index is 14.0. The number of benzene rings is 1. The number of alkyl carbamates (subject to hydrolysis) is 1. The molecule has 3 aliphatic rings. The zero-order valence-electron chi connectivity index (χ0n) is 30.2. The molecule has 1 aromatic rings. The van der Waals surface area contributed by atoms with Crippen molar-refractivity contribution in [1.82, 2.24) is 10.2 Å². The molecule has 8 atom stereocenters. The van der Waals surface area contributed by atoms with Crippen LogP contribution in [0, 0.1) is 11.8 Å². The molecule has 3 heterocycles. The number of amides is 3. The van der Waals surface area contributed by atoms with Gasteiger partial charge in [-0.25, -0.2) is 9.59 Å². The van der Waals surface area contributed by atoms with Crippen molar-refractivity contribution in [1.29, 1.82) is 0 Å².